The van der Waals surface area contributed by atoms with Gasteiger partial charge in [0.1, 0.15) is 5.82 Å². The SMILES string of the molecule is Cc1nn(C)c2c1[C@@H](c1cccc(C(F)(F)F)c1)SCC(=O)N2. The summed E-state index contributed by atoms with van der Waals surface area (Å²) in [5.41, 5.74) is 1.27. The molecule has 23 heavy (non-hydrogen) atoms. The molecule has 1 aliphatic rings. The summed E-state index contributed by atoms with van der Waals surface area (Å²) >= 11 is 1.30. The first-order valence-electron chi connectivity index (χ1n) is 6.89. The number of alkyl halides is 3. The number of hydrogen-bond acceptors (Lipinski definition) is 3. The van der Waals surface area contributed by atoms with Crippen molar-refractivity contribution in [2.75, 3.05) is 11.1 Å². The number of halogens is 3. The predicted octanol–water partition coefficient (Wildman–Crippen LogP) is 3.52. The first-order valence-corrected chi connectivity index (χ1v) is 7.94. The largest absolute Gasteiger partial charge is 0.416 e. The number of hydrogen-bond donors (Lipinski definition) is 1. The maximum Gasteiger partial charge on any atom is 0.416 e. The van der Waals surface area contributed by atoms with E-state index in [4.69, 9.17) is 0 Å². The van der Waals surface area contributed by atoms with Crippen molar-refractivity contribution in [3.05, 3.63) is 46.6 Å². The van der Waals surface area contributed by atoms with Gasteiger partial charge in [-0.15, -0.1) is 11.8 Å². The second-order valence-corrected chi connectivity index (χ2v) is 6.43. The van der Waals surface area contributed by atoms with Gasteiger partial charge in [-0.1, -0.05) is 18.2 Å². The Morgan fingerprint density at radius 1 is 1.39 bits per heavy atom. The number of anilines is 1. The Bertz CT molecular complexity index is 770. The lowest BCUT2D eigenvalue weighted by Crippen LogP contribution is -2.15. The van der Waals surface area contributed by atoms with Gasteiger partial charge >= 0.3 is 6.18 Å². The molecule has 0 bridgehead atoms. The topological polar surface area (TPSA) is 46.9 Å². The maximum atomic E-state index is 13.0. The lowest BCUT2D eigenvalue weighted by atomic mass is 10.0. The Hall–Kier alpha value is -1.96. The molecular weight excluding hydrogens is 327 g/mol. The lowest BCUT2D eigenvalue weighted by molar-refractivity contribution is -0.137. The fraction of sp³-hybridized carbons (Fsp3) is 0.333. The van der Waals surface area contributed by atoms with Crippen LogP contribution in [-0.2, 0) is 18.0 Å². The number of carbonyl (C=O) groups is 1. The van der Waals surface area contributed by atoms with E-state index in [2.05, 4.69) is 10.4 Å². The summed E-state index contributed by atoms with van der Waals surface area (Å²) in [5, 5.41) is 6.68. The van der Waals surface area contributed by atoms with E-state index >= 15 is 0 Å². The van der Waals surface area contributed by atoms with Gasteiger partial charge in [-0.05, 0) is 18.6 Å². The Balaban J connectivity index is 2.12. The van der Waals surface area contributed by atoms with Crippen molar-refractivity contribution in [3.63, 3.8) is 0 Å². The molecule has 1 N–H and O–H groups in total. The molecule has 0 spiro atoms. The normalized spacial score (nSPS) is 18.3. The molecule has 8 heteroatoms. The van der Waals surface area contributed by atoms with E-state index in [-0.39, 0.29) is 16.9 Å². The number of rotatable bonds is 1. The third-order valence-electron chi connectivity index (χ3n) is 3.69. The van der Waals surface area contributed by atoms with Crippen LogP contribution in [0.25, 0.3) is 0 Å². The van der Waals surface area contributed by atoms with E-state index in [1.165, 1.54) is 17.8 Å². The minimum Gasteiger partial charge on any atom is -0.310 e. The molecule has 0 saturated heterocycles. The summed E-state index contributed by atoms with van der Waals surface area (Å²) in [5.74, 6) is 0.531. The van der Waals surface area contributed by atoms with Crippen LogP contribution >= 0.6 is 11.8 Å². The number of carbonyl (C=O) groups excluding carboxylic acids is 1. The van der Waals surface area contributed by atoms with Crippen LogP contribution in [0.1, 0.15) is 27.6 Å². The number of benzene rings is 1. The van der Waals surface area contributed by atoms with Gasteiger partial charge in [0.05, 0.1) is 22.3 Å². The standard InChI is InChI=1S/C15H14F3N3OS/c1-8-12-13(9-4-3-5-10(6-9)15(16,17)18)23-7-11(22)19-14(12)21(2)20-8/h3-6,13H,7H2,1-2H3,(H,19,22)/t13-/m1/s1. The summed E-state index contributed by atoms with van der Waals surface area (Å²) in [7, 11) is 1.70. The molecule has 0 saturated carbocycles. The number of thioether (sulfide) groups is 1. The molecule has 2 heterocycles. The molecule has 0 fully saturated rings. The molecule has 0 unspecified atom stereocenters. The molecule has 1 amide bonds. The van der Waals surface area contributed by atoms with Gasteiger partial charge in [0.15, 0.2) is 0 Å². The molecule has 1 atom stereocenters. The van der Waals surface area contributed by atoms with E-state index in [1.807, 2.05) is 0 Å². The van der Waals surface area contributed by atoms with E-state index in [0.717, 1.165) is 17.7 Å². The highest BCUT2D eigenvalue weighted by atomic mass is 32.2. The quantitative estimate of drug-likeness (QED) is 0.863. The maximum absolute atomic E-state index is 13.0. The van der Waals surface area contributed by atoms with Crippen LogP contribution in [0.2, 0.25) is 0 Å². The van der Waals surface area contributed by atoms with Crippen molar-refractivity contribution in [1.29, 1.82) is 0 Å². The molecule has 0 aliphatic carbocycles. The van der Waals surface area contributed by atoms with Gasteiger partial charge in [-0.25, -0.2) is 0 Å². The monoisotopic (exact) mass is 341 g/mol. The zero-order chi connectivity index (χ0) is 16.8. The second kappa shape index (κ2) is 5.59. The van der Waals surface area contributed by atoms with Gasteiger partial charge in [-0.2, -0.15) is 18.3 Å². The van der Waals surface area contributed by atoms with Crippen LogP contribution in [0.4, 0.5) is 19.0 Å². The summed E-state index contributed by atoms with van der Waals surface area (Å²) < 4.78 is 40.5. The van der Waals surface area contributed by atoms with Crippen molar-refractivity contribution in [3.8, 4) is 0 Å². The van der Waals surface area contributed by atoms with E-state index in [9.17, 15) is 18.0 Å². The second-order valence-electron chi connectivity index (χ2n) is 5.33. The van der Waals surface area contributed by atoms with E-state index < -0.39 is 11.7 Å². The minimum absolute atomic E-state index is 0.176. The van der Waals surface area contributed by atoms with E-state index in [0.29, 0.717) is 17.1 Å². The highest BCUT2D eigenvalue weighted by molar-refractivity contribution is 8.00. The van der Waals surface area contributed by atoms with Crippen LogP contribution < -0.4 is 5.32 Å². The number of nitrogens with one attached hydrogen (secondary N) is 1. The van der Waals surface area contributed by atoms with Crippen LogP contribution in [0, 0.1) is 6.92 Å². The fourth-order valence-corrected chi connectivity index (χ4v) is 3.87. The minimum atomic E-state index is -4.40. The van der Waals surface area contributed by atoms with Crippen LogP contribution in [0.5, 0.6) is 0 Å². The third-order valence-corrected chi connectivity index (χ3v) is 4.96. The molecule has 122 valence electrons. The number of aryl methyl sites for hydroxylation is 2. The summed E-state index contributed by atoms with van der Waals surface area (Å²) in [6.45, 7) is 1.79. The first-order chi connectivity index (χ1) is 10.8. The van der Waals surface area contributed by atoms with E-state index in [1.54, 1.807) is 24.7 Å². The smallest absolute Gasteiger partial charge is 0.310 e. The van der Waals surface area contributed by atoms with Crippen LogP contribution in [-0.4, -0.2) is 21.4 Å². The van der Waals surface area contributed by atoms with Crippen molar-refractivity contribution >= 4 is 23.5 Å². The summed E-state index contributed by atoms with van der Waals surface area (Å²) in [6, 6.07) is 5.23. The van der Waals surface area contributed by atoms with Crippen LogP contribution in [0.15, 0.2) is 24.3 Å². The molecule has 4 nitrogen and oxygen atoms in total. The Morgan fingerprint density at radius 3 is 2.83 bits per heavy atom. The zero-order valence-electron chi connectivity index (χ0n) is 12.4. The van der Waals surface area contributed by atoms with Crippen molar-refractivity contribution < 1.29 is 18.0 Å². The molecule has 3 rings (SSSR count). The third kappa shape index (κ3) is 2.95. The van der Waals surface area contributed by atoms with Crippen molar-refractivity contribution in [2.24, 2.45) is 7.05 Å². The van der Waals surface area contributed by atoms with Gasteiger partial charge in [0.2, 0.25) is 5.91 Å². The molecule has 2 aromatic rings. The fourth-order valence-electron chi connectivity index (χ4n) is 2.69. The van der Waals surface area contributed by atoms with Gasteiger partial charge in [0.25, 0.3) is 0 Å². The summed E-state index contributed by atoms with van der Waals surface area (Å²) in [4.78, 5) is 11.9. The number of fused-ring (bicyclic) bond motifs is 1. The average molecular weight is 341 g/mol. The number of amides is 1. The highest BCUT2D eigenvalue weighted by Crippen LogP contribution is 2.44. The molecular formula is C15H14F3N3OS. The van der Waals surface area contributed by atoms with Gasteiger partial charge in [0, 0.05) is 12.6 Å². The summed E-state index contributed by atoms with van der Waals surface area (Å²) in [6.07, 6.45) is -4.40. The van der Waals surface area contributed by atoms with Crippen molar-refractivity contribution in [2.45, 2.75) is 18.3 Å². The predicted molar refractivity (Wildman–Crippen MR) is 82.3 cm³/mol. The average Bonchev–Trinajstić information content (AvgIpc) is 2.66. The number of nitrogens with zero attached hydrogens (tertiary/aromatic N) is 2. The molecule has 1 aromatic heterocycles. The number of aromatic nitrogens is 2. The Labute approximate surface area is 135 Å². The first kappa shape index (κ1) is 15.9. The molecule has 0 radical (unpaired) electrons. The molecule has 1 aromatic carbocycles. The van der Waals surface area contributed by atoms with Crippen molar-refractivity contribution in [1.82, 2.24) is 9.78 Å². The Morgan fingerprint density at radius 2 is 2.13 bits per heavy atom. The van der Waals surface area contributed by atoms with Gasteiger partial charge < -0.3 is 5.32 Å². The van der Waals surface area contributed by atoms with Gasteiger partial charge in [-0.3, -0.25) is 9.48 Å². The van der Waals surface area contributed by atoms with Crippen LogP contribution in [0.3, 0.4) is 0 Å². The Kier molecular flexibility index (Phi) is 3.87. The molecule has 1 aliphatic heterocycles. The zero-order valence-corrected chi connectivity index (χ0v) is 13.3. The highest BCUT2D eigenvalue weighted by Gasteiger charge is 2.33. The lowest BCUT2D eigenvalue weighted by Gasteiger charge is -2.17.